The third kappa shape index (κ3) is 4.58. The summed E-state index contributed by atoms with van der Waals surface area (Å²) in [6, 6.07) is 13.1. The molecule has 27 heavy (non-hydrogen) atoms. The molecule has 0 saturated heterocycles. The fourth-order valence-corrected chi connectivity index (χ4v) is 2.61. The molecule has 0 aliphatic carbocycles. The minimum absolute atomic E-state index is 0.279. The highest BCUT2D eigenvalue weighted by molar-refractivity contribution is 5.96. The summed E-state index contributed by atoms with van der Waals surface area (Å²) in [6.07, 6.45) is 1.54. The topological polar surface area (TPSA) is 89.0 Å². The van der Waals surface area contributed by atoms with Gasteiger partial charge in [-0.2, -0.15) is 10.1 Å². The average molecular weight is 363 g/mol. The van der Waals surface area contributed by atoms with E-state index in [2.05, 4.69) is 31.9 Å². The van der Waals surface area contributed by atoms with Crippen LogP contribution in [0.5, 0.6) is 0 Å². The Bertz CT molecular complexity index is 959. The van der Waals surface area contributed by atoms with Crippen molar-refractivity contribution in [2.24, 2.45) is 0 Å². The zero-order valence-corrected chi connectivity index (χ0v) is 15.5. The van der Waals surface area contributed by atoms with E-state index in [0.29, 0.717) is 23.7 Å². The van der Waals surface area contributed by atoms with Gasteiger partial charge in [-0.05, 0) is 44.5 Å². The van der Waals surface area contributed by atoms with Gasteiger partial charge in [0.15, 0.2) is 5.82 Å². The number of carbonyl (C=O) groups is 1. The number of nitrogens with zero attached hydrogens (tertiary/aromatic N) is 3. The Labute approximate surface area is 157 Å². The number of rotatable bonds is 6. The molecule has 2 N–H and O–H groups in total. The molecule has 0 bridgehead atoms. The van der Waals surface area contributed by atoms with Crippen LogP contribution in [0.4, 0.5) is 23.1 Å². The molecule has 3 aromatic rings. The van der Waals surface area contributed by atoms with E-state index in [1.165, 1.54) is 5.56 Å². The Morgan fingerprint density at radius 2 is 1.89 bits per heavy atom. The lowest BCUT2D eigenvalue weighted by molar-refractivity contribution is 0.0527. The number of ether oxygens (including phenoxy) is 1. The quantitative estimate of drug-likeness (QED) is 0.636. The van der Waals surface area contributed by atoms with Gasteiger partial charge in [0.25, 0.3) is 0 Å². The summed E-state index contributed by atoms with van der Waals surface area (Å²) in [6.45, 7) is 6.15. The largest absolute Gasteiger partial charge is 0.462 e. The van der Waals surface area contributed by atoms with Gasteiger partial charge in [0.2, 0.25) is 5.95 Å². The first kappa shape index (κ1) is 18.3. The van der Waals surface area contributed by atoms with E-state index in [-0.39, 0.29) is 5.95 Å². The number of hydrogen-bond acceptors (Lipinski definition) is 7. The van der Waals surface area contributed by atoms with Crippen LogP contribution in [-0.4, -0.2) is 27.8 Å². The van der Waals surface area contributed by atoms with Gasteiger partial charge in [0.1, 0.15) is 0 Å². The van der Waals surface area contributed by atoms with E-state index in [1.54, 1.807) is 31.3 Å². The zero-order valence-electron chi connectivity index (χ0n) is 15.5. The van der Waals surface area contributed by atoms with Crippen LogP contribution in [0.1, 0.15) is 28.4 Å². The highest BCUT2D eigenvalue weighted by atomic mass is 16.5. The fraction of sp³-hybridized carbons (Fsp3) is 0.200. The van der Waals surface area contributed by atoms with E-state index in [9.17, 15) is 4.79 Å². The predicted octanol–water partition coefficient (Wildman–Crippen LogP) is 4.15. The molecular weight excluding hydrogens is 342 g/mol. The van der Waals surface area contributed by atoms with E-state index in [0.717, 1.165) is 11.3 Å². The Morgan fingerprint density at radius 1 is 1.07 bits per heavy atom. The lowest BCUT2D eigenvalue weighted by atomic mass is 10.1. The summed E-state index contributed by atoms with van der Waals surface area (Å²) in [5, 5.41) is 14.3. The first-order valence-electron chi connectivity index (χ1n) is 8.64. The molecule has 0 aliphatic heterocycles. The molecule has 0 amide bonds. The normalized spacial score (nSPS) is 10.3. The van der Waals surface area contributed by atoms with Gasteiger partial charge in [0, 0.05) is 5.69 Å². The molecule has 7 nitrogen and oxygen atoms in total. The molecule has 3 rings (SSSR count). The summed E-state index contributed by atoms with van der Waals surface area (Å²) in [5.41, 5.74) is 4.21. The standard InChI is InChI=1S/C20H21N5O2/c1-4-27-19(26)15-7-5-6-8-17(15)23-20-24-18(12-21-25-20)22-16-10-9-13(2)11-14(16)3/h5-12H,4H2,1-3H3,(H2,22,23,24,25). The monoisotopic (exact) mass is 363 g/mol. The van der Waals surface area contributed by atoms with Gasteiger partial charge in [-0.1, -0.05) is 29.8 Å². The molecule has 0 atom stereocenters. The van der Waals surface area contributed by atoms with Crippen LogP contribution in [0.25, 0.3) is 0 Å². The summed E-state index contributed by atoms with van der Waals surface area (Å²) >= 11 is 0. The minimum atomic E-state index is -0.405. The summed E-state index contributed by atoms with van der Waals surface area (Å²) in [5.74, 6) is 0.424. The first-order chi connectivity index (χ1) is 13.1. The molecule has 7 heteroatoms. The highest BCUT2D eigenvalue weighted by Crippen LogP contribution is 2.22. The van der Waals surface area contributed by atoms with Gasteiger partial charge in [0.05, 0.1) is 24.1 Å². The maximum atomic E-state index is 12.1. The molecule has 0 radical (unpaired) electrons. The van der Waals surface area contributed by atoms with E-state index < -0.39 is 5.97 Å². The third-order valence-electron chi connectivity index (χ3n) is 3.87. The van der Waals surface area contributed by atoms with Gasteiger partial charge < -0.3 is 15.4 Å². The smallest absolute Gasteiger partial charge is 0.340 e. The summed E-state index contributed by atoms with van der Waals surface area (Å²) < 4.78 is 5.08. The zero-order chi connectivity index (χ0) is 19.2. The van der Waals surface area contributed by atoms with Crippen LogP contribution in [0.15, 0.2) is 48.7 Å². The van der Waals surface area contributed by atoms with Gasteiger partial charge in [-0.25, -0.2) is 4.79 Å². The van der Waals surface area contributed by atoms with Crippen molar-refractivity contribution in [3.63, 3.8) is 0 Å². The lowest BCUT2D eigenvalue weighted by Crippen LogP contribution is -2.09. The second kappa shape index (κ2) is 8.27. The van der Waals surface area contributed by atoms with Crippen molar-refractivity contribution in [2.75, 3.05) is 17.2 Å². The van der Waals surface area contributed by atoms with Crippen LogP contribution < -0.4 is 10.6 Å². The Balaban J connectivity index is 1.82. The number of benzene rings is 2. The fourth-order valence-electron chi connectivity index (χ4n) is 2.61. The molecular formula is C20H21N5O2. The number of esters is 1. The molecule has 1 aromatic heterocycles. The van der Waals surface area contributed by atoms with Crippen molar-refractivity contribution >= 4 is 29.1 Å². The molecule has 1 heterocycles. The number of hydrogen-bond donors (Lipinski definition) is 2. The predicted molar refractivity (Wildman–Crippen MR) is 105 cm³/mol. The highest BCUT2D eigenvalue weighted by Gasteiger charge is 2.13. The van der Waals surface area contributed by atoms with Gasteiger partial charge >= 0.3 is 5.97 Å². The molecule has 138 valence electrons. The Morgan fingerprint density at radius 3 is 2.67 bits per heavy atom. The van der Waals surface area contributed by atoms with Gasteiger partial charge in [-0.3, -0.25) is 0 Å². The van der Waals surface area contributed by atoms with E-state index in [4.69, 9.17) is 4.74 Å². The van der Waals surface area contributed by atoms with Crippen LogP contribution in [0, 0.1) is 13.8 Å². The Kier molecular flexibility index (Phi) is 5.61. The van der Waals surface area contributed by atoms with Crippen molar-refractivity contribution in [3.05, 3.63) is 65.4 Å². The Hall–Kier alpha value is -3.48. The SMILES string of the molecule is CCOC(=O)c1ccccc1Nc1nncc(Nc2ccc(C)cc2C)n1. The number of carbonyl (C=O) groups excluding carboxylic acids is 1. The van der Waals surface area contributed by atoms with Crippen molar-refractivity contribution in [1.29, 1.82) is 0 Å². The molecule has 0 aliphatic rings. The number of para-hydroxylation sites is 1. The second-order valence-electron chi connectivity index (χ2n) is 6.00. The van der Waals surface area contributed by atoms with Crippen LogP contribution >= 0.6 is 0 Å². The number of anilines is 4. The number of aryl methyl sites for hydroxylation is 2. The van der Waals surface area contributed by atoms with Crippen molar-refractivity contribution in [3.8, 4) is 0 Å². The molecule has 0 spiro atoms. The van der Waals surface area contributed by atoms with Crippen LogP contribution in [0.3, 0.4) is 0 Å². The van der Waals surface area contributed by atoms with E-state index >= 15 is 0 Å². The third-order valence-corrected chi connectivity index (χ3v) is 3.87. The molecule has 0 saturated carbocycles. The van der Waals surface area contributed by atoms with Crippen LogP contribution in [-0.2, 0) is 4.74 Å². The van der Waals surface area contributed by atoms with Crippen molar-refractivity contribution in [1.82, 2.24) is 15.2 Å². The van der Waals surface area contributed by atoms with Crippen molar-refractivity contribution < 1.29 is 9.53 Å². The summed E-state index contributed by atoms with van der Waals surface area (Å²) in [7, 11) is 0. The average Bonchev–Trinajstić information content (AvgIpc) is 2.65. The maximum Gasteiger partial charge on any atom is 0.340 e. The maximum absolute atomic E-state index is 12.1. The first-order valence-corrected chi connectivity index (χ1v) is 8.64. The lowest BCUT2D eigenvalue weighted by Gasteiger charge is -2.12. The number of nitrogens with one attached hydrogen (secondary N) is 2. The van der Waals surface area contributed by atoms with Gasteiger partial charge in [-0.15, -0.1) is 5.10 Å². The second-order valence-corrected chi connectivity index (χ2v) is 6.00. The number of aromatic nitrogens is 3. The molecule has 0 fully saturated rings. The molecule has 0 unspecified atom stereocenters. The summed E-state index contributed by atoms with van der Waals surface area (Å²) in [4.78, 5) is 16.5. The minimum Gasteiger partial charge on any atom is -0.462 e. The van der Waals surface area contributed by atoms with Crippen LogP contribution in [0.2, 0.25) is 0 Å². The molecule has 2 aromatic carbocycles. The van der Waals surface area contributed by atoms with E-state index in [1.807, 2.05) is 32.0 Å². The van der Waals surface area contributed by atoms with Crippen molar-refractivity contribution in [2.45, 2.75) is 20.8 Å².